The van der Waals surface area contributed by atoms with Crippen molar-refractivity contribution in [2.45, 2.75) is 91.3 Å². The van der Waals surface area contributed by atoms with E-state index in [0.717, 1.165) is 28.2 Å². The Morgan fingerprint density at radius 2 is 0.854 bits per heavy atom. The van der Waals surface area contributed by atoms with Gasteiger partial charge in [0, 0.05) is 55.0 Å². The Morgan fingerprint density at radius 1 is 0.549 bits per heavy atom. The van der Waals surface area contributed by atoms with Crippen LogP contribution in [0.1, 0.15) is 6.92 Å². The number of halogens is 6. The highest BCUT2D eigenvalue weighted by Crippen LogP contribution is 2.47. The van der Waals surface area contributed by atoms with Crippen molar-refractivity contribution in [3.8, 4) is 49.4 Å². The number of amides is 4. The Morgan fingerprint density at radius 3 is 1.18 bits per heavy atom. The maximum Gasteiger partial charge on any atom is 0.398 e. The van der Waals surface area contributed by atoms with Crippen molar-refractivity contribution in [2.75, 3.05) is 33.1 Å². The molecule has 0 aromatic rings. The van der Waals surface area contributed by atoms with Crippen LogP contribution in [0, 0.1) is 73.0 Å². The van der Waals surface area contributed by atoms with Gasteiger partial charge in [-0.25, -0.2) is 8.78 Å². The Bertz CT molecular complexity index is 2830. The van der Waals surface area contributed by atoms with Gasteiger partial charge in [0.2, 0.25) is 6.43 Å². The zero-order valence-corrected chi connectivity index (χ0v) is 43.2. The Balaban J connectivity index is 0.000000201. The van der Waals surface area contributed by atoms with Crippen molar-refractivity contribution in [3.05, 3.63) is 98.7 Å². The highest BCUT2D eigenvalue weighted by Gasteiger charge is 2.65. The molecule has 0 aromatic heterocycles. The lowest BCUT2D eigenvalue weighted by molar-refractivity contribution is -0.213. The van der Waals surface area contributed by atoms with Crippen LogP contribution in [-0.2, 0) is 38.1 Å². The van der Waals surface area contributed by atoms with E-state index in [-0.39, 0.29) is 35.2 Å². The van der Waals surface area contributed by atoms with Gasteiger partial charge in [-0.15, -0.1) is 25.7 Å². The fraction of sp³-hybridized carbons (Fsp3) is 0.462. The van der Waals surface area contributed by atoms with Crippen LogP contribution in [0.15, 0.2) is 98.7 Å². The average molecular weight is 1170 g/mol. The van der Waals surface area contributed by atoms with Crippen LogP contribution in [-0.4, -0.2) is 202 Å². The van der Waals surface area contributed by atoms with Crippen LogP contribution >= 0.6 is 0 Å². The third-order valence-electron chi connectivity index (χ3n) is 14.0. The molecule has 0 radical (unpaired) electrons. The number of terminal acetylenes is 4. The lowest BCUT2D eigenvalue weighted by Crippen LogP contribution is -2.49. The van der Waals surface area contributed by atoms with Crippen LogP contribution in [0.3, 0.4) is 0 Å². The van der Waals surface area contributed by atoms with Crippen molar-refractivity contribution in [1.82, 2.24) is 40.9 Å². The van der Waals surface area contributed by atoms with Gasteiger partial charge in [0.25, 0.3) is 23.6 Å². The highest BCUT2D eigenvalue weighted by molar-refractivity contribution is 5.91. The monoisotopic (exact) mass is 1160 g/mol. The topological polar surface area (TPSA) is 328 Å². The van der Waals surface area contributed by atoms with E-state index in [0.29, 0.717) is 5.82 Å². The number of nitrogens with zero attached hydrogens (tertiary/aromatic N) is 4. The number of aliphatic hydroxyl groups is 8. The molecule has 0 unspecified atom stereocenters. The summed E-state index contributed by atoms with van der Waals surface area (Å²) in [5, 5.41) is 87.1. The molecule has 8 rings (SSSR count). The van der Waals surface area contributed by atoms with E-state index in [1.807, 2.05) is 11.8 Å². The largest absolute Gasteiger partial charge is 0.398 e. The fourth-order valence-electron chi connectivity index (χ4n) is 9.37. The zero-order chi connectivity index (χ0) is 61.6. The standard InChI is InChI=1S/C13H13F3N2O4.C13H14F2N2O4.C13H15FN2O4.C13H16N2O4/c1-3-12(6-19)10(21)9(13(14,15)16)11(22-12)18-5-4-8(20)17-7(18)2;1-3-13(6-18)10(20)9(11(14)15)12(21-13)17-5-4-8(19)16-7(17)2;1-3-13(7-17)11(19)9(6-14)12(20-13)16-5-4-10(18)15-8(16)2;1-4-13(7-16)11(18)8(2)12(19-13)15-6-5-10(17)14-9(15)3/h1,4-5,9-11,19,21H,2,6H2,(H,17,20);1,4-5,9-12,18,20H,2,6H2,(H,16,19);1,4-5,9,11-12,17,19H,2,6-7H2,(H,15,18);1,5-6,8,11-12,16,18H,3,7H2,2H3,(H,14,17)/t9-,10-,11+,12+;9-,10+,12-,13-;9-,11-,12+,13+;8-,11-,12+,13+/m0100/s1. The van der Waals surface area contributed by atoms with Gasteiger partial charge in [0.05, 0.1) is 44.9 Å². The molecule has 16 atom stereocenters. The molecule has 8 aliphatic heterocycles. The summed E-state index contributed by atoms with van der Waals surface area (Å²) in [5.74, 6) is 1.68. The summed E-state index contributed by atoms with van der Waals surface area (Å²) in [6.45, 7) is 12.2. The molecule has 444 valence electrons. The maximum absolute atomic E-state index is 13.3. The second-order valence-electron chi connectivity index (χ2n) is 18.9. The molecule has 0 aromatic carbocycles. The summed E-state index contributed by atoms with van der Waals surface area (Å²) in [4.78, 5) is 49.6. The quantitative estimate of drug-likeness (QED) is 0.0778. The first-order chi connectivity index (χ1) is 38.5. The molecule has 0 aliphatic carbocycles. The first-order valence-corrected chi connectivity index (χ1v) is 24.0. The van der Waals surface area contributed by atoms with E-state index < -0.39 is 147 Å². The fourth-order valence-corrected chi connectivity index (χ4v) is 9.37. The molecule has 8 aliphatic rings. The molecule has 0 saturated carbocycles. The molecule has 24 nitrogen and oxygen atoms in total. The zero-order valence-electron chi connectivity index (χ0n) is 43.2. The van der Waals surface area contributed by atoms with Gasteiger partial charge in [0.1, 0.15) is 72.3 Å². The normalized spacial score (nSPS) is 36.6. The van der Waals surface area contributed by atoms with Crippen LogP contribution < -0.4 is 21.3 Å². The SMILES string of the molecule is C#C[C@]1(CO)O[C@@H](N2C=CC(=O)NC2=C)[C@@H](C(F)(F)F)[C@@H]1O.C#C[C@]1(CO)O[C@@H](N2C=CC(=O)NC2=C)[C@@H](C(F)F)[C@@H]1O.C#C[C@]1(CO)O[C@@H](N2C=CC(=O)NC2=C)[C@@H](C)[C@@H]1O.C#C[C@]1(CO)O[C@@H](N2C=CC(=O)NC2=C)[C@@H](CF)[C@@H]1O. The summed E-state index contributed by atoms with van der Waals surface area (Å²) in [5.41, 5.74) is -7.22. The summed E-state index contributed by atoms with van der Waals surface area (Å²) in [7, 11) is 0. The van der Waals surface area contributed by atoms with Crippen molar-refractivity contribution >= 4 is 23.6 Å². The van der Waals surface area contributed by atoms with E-state index >= 15 is 0 Å². The van der Waals surface area contributed by atoms with Crippen LogP contribution in [0.2, 0.25) is 0 Å². The number of carbonyl (C=O) groups is 4. The highest BCUT2D eigenvalue weighted by atomic mass is 19.4. The molecule has 4 amide bonds. The molecule has 82 heavy (non-hydrogen) atoms. The number of hydrogen-bond donors (Lipinski definition) is 12. The second-order valence-corrected chi connectivity index (χ2v) is 18.9. The second kappa shape index (κ2) is 25.6. The number of rotatable bonds is 10. The minimum atomic E-state index is -4.85. The minimum Gasteiger partial charge on any atom is -0.392 e. The molecule has 12 N–H and O–H groups in total. The molecule has 30 heteroatoms. The van der Waals surface area contributed by atoms with Crippen LogP contribution in [0.25, 0.3) is 0 Å². The van der Waals surface area contributed by atoms with Gasteiger partial charge in [-0.05, 0) is 0 Å². The summed E-state index contributed by atoms with van der Waals surface area (Å²) in [6, 6.07) is 0. The first-order valence-electron chi connectivity index (χ1n) is 24.0. The number of aliphatic hydroxyl groups excluding tert-OH is 8. The van der Waals surface area contributed by atoms with Crippen molar-refractivity contribution in [2.24, 2.45) is 23.7 Å². The van der Waals surface area contributed by atoms with E-state index in [1.165, 1.54) is 35.7 Å². The van der Waals surface area contributed by atoms with E-state index in [4.69, 9.17) is 44.6 Å². The van der Waals surface area contributed by atoms with Crippen LogP contribution in [0.4, 0.5) is 26.3 Å². The lowest BCUT2D eigenvalue weighted by atomic mass is 9.90. The third-order valence-corrected chi connectivity index (χ3v) is 14.0. The van der Waals surface area contributed by atoms with Crippen LogP contribution in [0.5, 0.6) is 0 Å². The summed E-state index contributed by atoms with van der Waals surface area (Å²) >= 11 is 0. The first kappa shape index (κ1) is 65.2. The molecular weight excluding hydrogens is 1110 g/mol. The third kappa shape index (κ3) is 12.4. The van der Waals surface area contributed by atoms with Crippen molar-refractivity contribution in [1.29, 1.82) is 0 Å². The van der Waals surface area contributed by atoms with E-state index in [2.05, 4.69) is 59.4 Å². The molecule has 0 spiro atoms. The molecular formula is C52H58F6N8O16. The minimum absolute atomic E-state index is 0.0103. The molecule has 0 bridgehead atoms. The summed E-state index contributed by atoms with van der Waals surface area (Å²) < 4.78 is 101. The molecule has 4 saturated heterocycles. The average Bonchev–Trinajstić information content (AvgIpc) is 4.14. The number of nitrogens with one attached hydrogen (secondary N) is 4. The van der Waals surface area contributed by atoms with Gasteiger partial charge in [-0.2, -0.15) is 13.2 Å². The Labute approximate surface area is 464 Å². The van der Waals surface area contributed by atoms with Gasteiger partial charge in [0.15, 0.2) is 28.6 Å². The lowest BCUT2D eigenvalue weighted by Gasteiger charge is -2.34. The predicted molar refractivity (Wildman–Crippen MR) is 269 cm³/mol. The van der Waals surface area contributed by atoms with Gasteiger partial charge < -0.3 is 101 Å². The van der Waals surface area contributed by atoms with Crippen molar-refractivity contribution in [3.63, 3.8) is 0 Å². The smallest absolute Gasteiger partial charge is 0.392 e. The van der Waals surface area contributed by atoms with Crippen molar-refractivity contribution < 1.29 is 105 Å². The van der Waals surface area contributed by atoms with E-state index in [1.54, 1.807) is 11.8 Å². The maximum atomic E-state index is 13.3. The van der Waals surface area contributed by atoms with Gasteiger partial charge in [-0.1, -0.05) is 56.9 Å². The predicted octanol–water partition coefficient (Wildman–Crippen LogP) is -2.78. The number of carbonyl (C=O) groups excluding carboxylic acids is 4. The summed E-state index contributed by atoms with van der Waals surface area (Å²) in [6.07, 6.45) is 11.9. The molecule has 8 heterocycles. The van der Waals surface area contributed by atoms with Gasteiger partial charge in [-0.3, -0.25) is 23.6 Å². The van der Waals surface area contributed by atoms with E-state index in [9.17, 15) is 86.4 Å². The number of ether oxygens (including phenoxy) is 4. The number of alkyl halides is 6. The number of hydrogen-bond acceptors (Lipinski definition) is 20. The van der Waals surface area contributed by atoms with Gasteiger partial charge >= 0.3 is 6.18 Å². The molecule has 4 fully saturated rings. The Kier molecular flexibility index (Phi) is 20.4. The Hall–Kier alpha value is -7.66.